The van der Waals surface area contributed by atoms with Crippen LogP contribution in [0.15, 0.2) is 24.3 Å². The molecule has 0 fully saturated rings. The van der Waals surface area contributed by atoms with Gasteiger partial charge in [0.1, 0.15) is 5.60 Å². The summed E-state index contributed by atoms with van der Waals surface area (Å²) >= 11 is 0. The first kappa shape index (κ1) is 17.0. The summed E-state index contributed by atoms with van der Waals surface area (Å²) in [6.45, 7) is 9.14. The third-order valence-electron chi connectivity index (χ3n) is 2.60. The molecule has 116 valence electrons. The highest BCUT2D eigenvalue weighted by molar-refractivity contribution is 5.92. The first-order valence-electron chi connectivity index (χ1n) is 7.02. The molecule has 0 aliphatic carbocycles. The second-order valence-electron chi connectivity index (χ2n) is 6.17. The van der Waals surface area contributed by atoms with Crippen LogP contribution in [0.25, 0.3) is 0 Å². The van der Waals surface area contributed by atoms with E-state index in [-0.39, 0.29) is 18.4 Å². The summed E-state index contributed by atoms with van der Waals surface area (Å²) < 4.78 is 5.03. The number of aryl methyl sites for hydroxylation is 1. The Morgan fingerprint density at radius 3 is 2.29 bits per heavy atom. The number of hydrogen-bond acceptors (Lipinski definition) is 4. The minimum Gasteiger partial charge on any atom is -0.444 e. The molecule has 0 aliphatic heterocycles. The van der Waals surface area contributed by atoms with Crippen molar-refractivity contribution in [3.63, 3.8) is 0 Å². The summed E-state index contributed by atoms with van der Waals surface area (Å²) in [6, 6.07) is 7.82. The first-order chi connectivity index (χ1) is 9.65. The highest BCUT2D eigenvalue weighted by Gasteiger charge is 2.19. The van der Waals surface area contributed by atoms with E-state index >= 15 is 0 Å². The fraction of sp³-hybridized carbons (Fsp3) is 0.500. The summed E-state index contributed by atoms with van der Waals surface area (Å²) in [5.74, 6) is -0.364. The Hall–Kier alpha value is -2.04. The van der Waals surface area contributed by atoms with E-state index in [2.05, 4.69) is 10.6 Å². The number of hydrogen-bond donors (Lipinski definition) is 2. The predicted molar refractivity (Wildman–Crippen MR) is 83.3 cm³/mol. The van der Waals surface area contributed by atoms with Crippen molar-refractivity contribution in [2.45, 2.75) is 52.7 Å². The third kappa shape index (κ3) is 7.34. The lowest BCUT2D eigenvalue weighted by atomic mass is 10.2. The van der Waals surface area contributed by atoms with Crippen LogP contribution in [0.3, 0.4) is 0 Å². The van der Waals surface area contributed by atoms with E-state index in [1.165, 1.54) is 5.56 Å². The minimum absolute atomic E-state index is 0.0878. The fourth-order valence-electron chi connectivity index (χ4n) is 1.73. The van der Waals surface area contributed by atoms with Gasteiger partial charge >= 0.3 is 6.09 Å². The first-order valence-corrected chi connectivity index (χ1v) is 7.02. The van der Waals surface area contributed by atoms with E-state index < -0.39 is 11.7 Å². The number of imide groups is 1. The van der Waals surface area contributed by atoms with Gasteiger partial charge in [-0.25, -0.2) is 4.79 Å². The van der Waals surface area contributed by atoms with Crippen LogP contribution in [0.1, 0.15) is 39.7 Å². The van der Waals surface area contributed by atoms with Crippen LogP contribution in [0.4, 0.5) is 10.5 Å². The number of alkyl carbamates (subject to hydrolysis) is 1. The standard InChI is InChI=1S/C16H24N2O3/c1-11-6-8-13(9-7-11)17-12(2)10-14(19)18-15(20)21-16(3,4)5/h6-9,12,17H,10H2,1-5H3,(H,18,19,20). The number of ether oxygens (including phenoxy) is 1. The lowest BCUT2D eigenvalue weighted by molar-refractivity contribution is -0.120. The maximum absolute atomic E-state index is 11.7. The van der Waals surface area contributed by atoms with Crippen molar-refractivity contribution >= 4 is 17.7 Å². The van der Waals surface area contributed by atoms with Crippen molar-refractivity contribution in [1.82, 2.24) is 5.32 Å². The van der Waals surface area contributed by atoms with E-state index in [0.717, 1.165) is 5.69 Å². The van der Waals surface area contributed by atoms with Crippen molar-refractivity contribution in [3.05, 3.63) is 29.8 Å². The lowest BCUT2D eigenvalue weighted by Crippen LogP contribution is -2.38. The summed E-state index contributed by atoms with van der Waals surface area (Å²) in [5, 5.41) is 5.43. The molecular formula is C16H24N2O3. The molecule has 0 spiro atoms. The van der Waals surface area contributed by atoms with Crippen LogP contribution in [0.2, 0.25) is 0 Å². The van der Waals surface area contributed by atoms with Crippen LogP contribution in [0, 0.1) is 6.92 Å². The second-order valence-corrected chi connectivity index (χ2v) is 6.17. The van der Waals surface area contributed by atoms with Gasteiger partial charge in [-0.05, 0) is 46.8 Å². The van der Waals surface area contributed by atoms with Gasteiger partial charge in [-0.2, -0.15) is 0 Å². The van der Waals surface area contributed by atoms with Gasteiger partial charge in [0.25, 0.3) is 0 Å². The normalized spacial score (nSPS) is 12.4. The van der Waals surface area contributed by atoms with Crippen LogP contribution in [0.5, 0.6) is 0 Å². The molecule has 1 aromatic rings. The molecule has 0 heterocycles. The topological polar surface area (TPSA) is 67.4 Å². The Bertz CT molecular complexity index is 489. The molecule has 1 unspecified atom stereocenters. The quantitative estimate of drug-likeness (QED) is 0.894. The zero-order valence-electron chi connectivity index (χ0n) is 13.3. The van der Waals surface area contributed by atoms with E-state index in [1.54, 1.807) is 20.8 Å². The Kier molecular flexibility index (Phi) is 5.76. The molecule has 21 heavy (non-hydrogen) atoms. The molecule has 2 amide bonds. The van der Waals surface area contributed by atoms with Crippen molar-refractivity contribution < 1.29 is 14.3 Å². The number of benzene rings is 1. The van der Waals surface area contributed by atoms with Crippen molar-refractivity contribution in [2.75, 3.05) is 5.32 Å². The van der Waals surface area contributed by atoms with E-state index in [0.29, 0.717) is 0 Å². The van der Waals surface area contributed by atoms with Gasteiger partial charge < -0.3 is 10.1 Å². The number of anilines is 1. The zero-order chi connectivity index (χ0) is 16.0. The van der Waals surface area contributed by atoms with E-state index in [4.69, 9.17) is 4.74 Å². The average Bonchev–Trinajstić information content (AvgIpc) is 2.28. The molecule has 0 bridgehead atoms. The molecule has 0 saturated heterocycles. The number of carbonyl (C=O) groups is 2. The van der Waals surface area contributed by atoms with Gasteiger partial charge in [-0.3, -0.25) is 10.1 Å². The van der Waals surface area contributed by atoms with E-state index in [1.807, 2.05) is 38.1 Å². The molecule has 5 nitrogen and oxygen atoms in total. The van der Waals surface area contributed by atoms with Crippen molar-refractivity contribution in [1.29, 1.82) is 0 Å². The number of rotatable bonds is 4. The molecule has 0 aliphatic rings. The molecule has 0 aromatic heterocycles. The largest absolute Gasteiger partial charge is 0.444 e. The highest BCUT2D eigenvalue weighted by Crippen LogP contribution is 2.11. The van der Waals surface area contributed by atoms with Gasteiger partial charge in [-0.15, -0.1) is 0 Å². The molecule has 2 N–H and O–H groups in total. The van der Waals surface area contributed by atoms with Crippen LogP contribution in [-0.2, 0) is 9.53 Å². The summed E-state index contributed by atoms with van der Waals surface area (Å²) in [6.07, 6.45) is -0.525. The maximum atomic E-state index is 11.7. The monoisotopic (exact) mass is 292 g/mol. The van der Waals surface area contributed by atoms with Crippen molar-refractivity contribution in [2.24, 2.45) is 0 Å². The molecule has 0 radical (unpaired) electrons. The molecule has 0 saturated carbocycles. The van der Waals surface area contributed by atoms with Crippen molar-refractivity contribution in [3.8, 4) is 0 Å². The highest BCUT2D eigenvalue weighted by atomic mass is 16.6. The Morgan fingerprint density at radius 2 is 1.76 bits per heavy atom. The van der Waals surface area contributed by atoms with Gasteiger partial charge in [0.05, 0.1) is 0 Å². The molecule has 1 atom stereocenters. The SMILES string of the molecule is Cc1ccc(NC(C)CC(=O)NC(=O)OC(C)(C)C)cc1. The molecule has 5 heteroatoms. The minimum atomic E-state index is -0.713. The van der Waals surface area contributed by atoms with Crippen LogP contribution in [-0.4, -0.2) is 23.6 Å². The summed E-state index contributed by atoms with van der Waals surface area (Å²) in [7, 11) is 0. The number of amides is 2. The van der Waals surface area contributed by atoms with Gasteiger partial charge in [0.15, 0.2) is 0 Å². The third-order valence-corrected chi connectivity index (χ3v) is 2.60. The number of carbonyl (C=O) groups excluding carboxylic acids is 2. The molecule has 1 aromatic carbocycles. The van der Waals surface area contributed by atoms with Gasteiger partial charge in [-0.1, -0.05) is 17.7 Å². The van der Waals surface area contributed by atoms with E-state index in [9.17, 15) is 9.59 Å². The Morgan fingerprint density at radius 1 is 1.19 bits per heavy atom. The predicted octanol–water partition coefficient (Wildman–Crippen LogP) is 3.24. The Balaban J connectivity index is 2.40. The lowest BCUT2D eigenvalue weighted by Gasteiger charge is -2.20. The summed E-state index contributed by atoms with van der Waals surface area (Å²) in [4.78, 5) is 23.2. The van der Waals surface area contributed by atoms with Gasteiger partial charge in [0.2, 0.25) is 5.91 Å². The van der Waals surface area contributed by atoms with Gasteiger partial charge in [0, 0.05) is 18.2 Å². The zero-order valence-corrected chi connectivity index (χ0v) is 13.3. The second kappa shape index (κ2) is 7.11. The average molecular weight is 292 g/mol. The molecular weight excluding hydrogens is 268 g/mol. The van der Waals surface area contributed by atoms with Crippen LogP contribution < -0.4 is 10.6 Å². The Labute approximate surface area is 126 Å². The summed E-state index contributed by atoms with van der Waals surface area (Å²) in [5.41, 5.74) is 1.50. The fourth-order valence-corrected chi connectivity index (χ4v) is 1.73. The molecule has 1 rings (SSSR count). The smallest absolute Gasteiger partial charge is 0.414 e. The number of nitrogens with one attached hydrogen (secondary N) is 2. The van der Waals surface area contributed by atoms with Crippen LogP contribution >= 0.6 is 0 Å². The maximum Gasteiger partial charge on any atom is 0.414 e.